The Morgan fingerprint density at radius 3 is 2.53 bits per heavy atom. The Bertz CT molecular complexity index is 832. The molecule has 8 heteroatoms. The van der Waals surface area contributed by atoms with E-state index in [4.69, 9.17) is 21.1 Å². The molecule has 2 rings (SSSR count). The SMILES string of the molecule is COCCCNC(=O)C(C)N(Cc1ccc(F)cc1)C(=O)COc1ccccc1Cl. The van der Waals surface area contributed by atoms with E-state index in [1.54, 1.807) is 50.4 Å². The van der Waals surface area contributed by atoms with E-state index in [9.17, 15) is 14.0 Å². The van der Waals surface area contributed by atoms with Crippen LogP contribution in [0.4, 0.5) is 4.39 Å². The summed E-state index contributed by atoms with van der Waals surface area (Å²) in [6.45, 7) is 2.46. The van der Waals surface area contributed by atoms with Crippen molar-refractivity contribution in [3.8, 4) is 5.75 Å². The molecule has 0 saturated heterocycles. The Kier molecular flexibility index (Phi) is 9.57. The van der Waals surface area contributed by atoms with Crippen molar-refractivity contribution in [3.05, 3.63) is 64.9 Å². The first-order valence-electron chi connectivity index (χ1n) is 9.60. The van der Waals surface area contributed by atoms with E-state index < -0.39 is 11.9 Å². The summed E-state index contributed by atoms with van der Waals surface area (Å²) in [4.78, 5) is 26.9. The maximum absolute atomic E-state index is 13.2. The van der Waals surface area contributed by atoms with E-state index in [1.807, 2.05) is 0 Å². The van der Waals surface area contributed by atoms with E-state index in [-0.39, 0.29) is 24.9 Å². The highest BCUT2D eigenvalue weighted by Crippen LogP contribution is 2.23. The van der Waals surface area contributed by atoms with Gasteiger partial charge >= 0.3 is 0 Å². The Labute approximate surface area is 180 Å². The number of hydrogen-bond acceptors (Lipinski definition) is 4. The van der Waals surface area contributed by atoms with Crippen LogP contribution in [-0.4, -0.2) is 49.6 Å². The summed E-state index contributed by atoms with van der Waals surface area (Å²) in [6, 6.07) is 11.9. The average Bonchev–Trinajstić information content (AvgIpc) is 2.75. The molecule has 0 aliphatic rings. The zero-order chi connectivity index (χ0) is 21.9. The number of methoxy groups -OCH3 is 1. The predicted octanol–water partition coefficient (Wildman–Crippen LogP) is 3.43. The summed E-state index contributed by atoms with van der Waals surface area (Å²) < 4.78 is 23.7. The van der Waals surface area contributed by atoms with Crippen LogP contribution in [0.15, 0.2) is 48.5 Å². The van der Waals surface area contributed by atoms with Gasteiger partial charge < -0.3 is 19.7 Å². The summed E-state index contributed by atoms with van der Waals surface area (Å²) >= 11 is 6.07. The van der Waals surface area contributed by atoms with Crippen molar-refractivity contribution in [1.82, 2.24) is 10.2 Å². The molecular formula is C22H26ClFN2O4. The Balaban J connectivity index is 2.08. The molecule has 0 saturated carbocycles. The van der Waals surface area contributed by atoms with Gasteiger partial charge in [-0.1, -0.05) is 35.9 Å². The maximum Gasteiger partial charge on any atom is 0.261 e. The lowest BCUT2D eigenvalue weighted by Crippen LogP contribution is -2.49. The van der Waals surface area contributed by atoms with Gasteiger partial charge in [-0.3, -0.25) is 9.59 Å². The summed E-state index contributed by atoms with van der Waals surface area (Å²) in [7, 11) is 1.59. The maximum atomic E-state index is 13.2. The number of carbonyl (C=O) groups is 2. The van der Waals surface area contributed by atoms with E-state index >= 15 is 0 Å². The number of benzene rings is 2. The van der Waals surface area contributed by atoms with Crippen molar-refractivity contribution >= 4 is 23.4 Å². The first-order chi connectivity index (χ1) is 14.4. The van der Waals surface area contributed by atoms with Crippen LogP contribution >= 0.6 is 11.6 Å². The van der Waals surface area contributed by atoms with Gasteiger partial charge in [0, 0.05) is 26.8 Å². The number of nitrogens with zero attached hydrogens (tertiary/aromatic N) is 1. The molecule has 1 atom stereocenters. The summed E-state index contributed by atoms with van der Waals surface area (Å²) in [6.07, 6.45) is 0.663. The number of hydrogen-bond donors (Lipinski definition) is 1. The lowest BCUT2D eigenvalue weighted by molar-refractivity contribution is -0.142. The van der Waals surface area contributed by atoms with Crippen LogP contribution < -0.4 is 10.1 Å². The third kappa shape index (κ3) is 7.31. The minimum absolute atomic E-state index is 0.137. The lowest BCUT2D eigenvalue weighted by Gasteiger charge is -2.28. The zero-order valence-corrected chi connectivity index (χ0v) is 17.8. The van der Waals surface area contributed by atoms with Crippen LogP contribution in [0.25, 0.3) is 0 Å². The van der Waals surface area contributed by atoms with E-state index in [0.29, 0.717) is 35.9 Å². The summed E-state index contributed by atoms with van der Waals surface area (Å²) in [5.41, 5.74) is 0.696. The summed E-state index contributed by atoms with van der Waals surface area (Å²) in [5, 5.41) is 3.18. The van der Waals surface area contributed by atoms with Gasteiger partial charge in [0.2, 0.25) is 5.91 Å². The van der Waals surface area contributed by atoms with Crippen LogP contribution in [0.1, 0.15) is 18.9 Å². The molecule has 2 aromatic carbocycles. The molecule has 2 amide bonds. The Morgan fingerprint density at radius 1 is 1.17 bits per heavy atom. The predicted molar refractivity (Wildman–Crippen MR) is 113 cm³/mol. The quantitative estimate of drug-likeness (QED) is 0.548. The van der Waals surface area contributed by atoms with Crippen LogP contribution in [0, 0.1) is 5.82 Å². The van der Waals surface area contributed by atoms with Gasteiger partial charge in [0.1, 0.15) is 17.6 Å². The fourth-order valence-electron chi connectivity index (χ4n) is 2.73. The number of halogens is 2. The third-order valence-electron chi connectivity index (χ3n) is 4.45. The molecule has 0 radical (unpaired) electrons. The fraction of sp³-hybridized carbons (Fsp3) is 0.364. The first-order valence-corrected chi connectivity index (χ1v) is 9.98. The van der Waals surface area contributed by atoms with Gasteiger partial charge in [0.25, 0.3) is 5.91 Å². The minimum Gasteiger partial charge on any atom is -0.482 e. The van der Waals surface area contributed by atoms with Crippen molar-refractivity contribution in [2.24, 2.45) is 0 Å². The van der Waals surface area contributed by atoms with Crippen LogP contribution in [0.5, 0.6) is 5.75 Å². The normalized spacial score (nSPS) is 11.6. The highest BCUT2D eigenvalue weighted by molar-refractivity contribution is 6.32. The molecule has 0 aromatic heterocycles. The van der Waals surface area contributed by atoms with Crippen molar-refractivity contribution in [3.63, 3.8) is 0 Å². The highest BCUT2D eigenvalue weighted by Gasteiger charge is 2.26. The van der Waals surface area contributed by atoms with E-state index in [1.165, 1.54) is 17.0 Å². The van der Waals surface area contributed by atoms with Crippen molar-refractivity contribution in [2.45, 2.75) is 25.9 Å². The molecule has 0 aliphatic carbocycles. The standard InChI is InChI=1S/C22H26ClFN2O4/c1-16(22(28)25-12-5-13-29-2)26(14-17-8-10-18(24)11-9-17)21(27)15-30-20-7-4-3-6-19(20)23/h3-4,6-11,16H,5,12-15H2,1-2H3,(H,25,28). The minimum atomic E-state index is -0.750. The van der Waals surface area contributed by atoms with Gasteiger partial charge in [-0.05, 0) is 43.2 Å². The number of amides is 2. The zero-order valence-electron chi connectivity index (χ0n) is 17.1. The molecule has 0 bridgehead atoms. The molecule has 30 heavy (non-hydrogen) atoms. The van der Waals surface area contributed by atoms with Crippen LogP contribution in [0.2, 0.25) is 5.02 Å². The Morgan fingerprint density at radius 2 is 1.87 bits per heavy atom. The largest absolute Gasteiger partial charge is 0.482 e. The number of rotatable bonds is 11. The average molecular weight is 437 g/mol. The molecule has 162 valence electrons. The summed E-state index contributed by atoms with van der Waals surface area (Å²) in [5.74, 6) is -0.674. The van der Waals surface area contributed by atoms with Gasteiger partial charge in [-0.2, -0.15) is 0 Å². The second-order valence-corrected chi connectivity index (χ2v) is 7.09. The highest BCUT2D eigenvalue weighted by atomic mass is 35.5. The van der Waals surface area contributed by atoms with Crippen molar-refractivity contribution < 1.29 is 23.5 Å². The molecule has 0 spiro atoms. The Hall–Kier alpha value is -2.64. The van der Waals surface area contributed by atoms with Gasteiger partial charge in [-0.25, -0.2) is 4.39 Å². The van der Waals surface area contributed by atoms with E-state index in [0.717, 1.165) is 0 Å². The molecular weight excluding hydrogens is 411 g/mol. The smallest absolute Gasteiger partial charge is 0.261 e. The molecule has 1 unspecified atom stereocenters. The first kappa shape index (κ1) is 23.6. The second kappa shape index (κ2) is 12.1. The van der Waals surface area contributed by atoms with Gasteiger partial charge in [0.05, 0.1) is 5.02 Å². The molecule has 0 aliphatic heterocycles. The van der Waals surface area contributed by atoms with Crippen molar-refractivity contribution in [1.29, 1.82) is 0 Å². The molecule has 6 nitrogen and oxygen atoms in total. The van der Waals surface area contributed by atoms with Crippen LogP contribution in [-0.2, 0) is 20.9 Å². The lowest BCUT2D eigenvalue weighted by atomic mass is 10.1. The number of carbonyl (C=O) groups excluding carboxylic acids is 2. The van der Waals surface area contributed by atoms with Gasteiger partial charge in [-0.15, -0.1) is 0 Å². The van der Waals surface area contributed by atoms with Crippen LogP contribution in [0.3, 0.4) is 0 Å². The molecule has 0 fully saturated rings. The monoisotopic (exact) mass is 436 g/mol. The molecule has 2 aromatic rings. The topological polar surface area (TPSA) is 67.9 Å². The van der Waals surface area contributed by atoms with Gasteiger partial charge in [0.15, 0.2) is 6.61 Å². The number of nitrogens with one attached hydrogen (secondary N) is 1. The van der Waals surface area contributed by atoms with E-state index in [2.05, 4.69) is 5.32 Å². The second-order valence-electron chi connectivity index (χ2n) is 6.68. The number of para-hydroxylation sites is 1. The fourth-order valence-corrected chi connectivity index (χ4v) is 2.92. The third-order valence-corrected chi connectivity index (χ3v) is 4.76. The van der Waals surface area contributed by atoms with Crippen molar-refractivity contribution in [2.75, 3.05) is 26.9 Å². The number of ether oxygens (including phenoxy) is 2. The molecule has 1 N–H and O–H groups in total. The molecule has 0 heterocycles.